The molecule has 0 spiro atoms. The molecule has 1 heterocycles. The summed E-state index contributed by atoms with van der Waals surface area (Å²) < 4.78 is 10.5. The smallest absolute Gasteiger partial charge is 0.264 e. The molecule has 0 saturated heterocycles. The van der Waals surface area contributed by atoms with Crippen LogP contribution in [0, 0.1) is 0 Å². The molecule has 158 valence electrons. The number of hydrogen-bond acceptors (Lipinski definition) is 5. The van der Waals surface area contributed by atoms with E-state index in [4.69, 9.17) is 9.47 Å². The molecule has 3 aromatic carbocycles. The summed E-state index contributed by atoms with van der Waals surface area (Å²) in [5, 5.41) is 11.5. The second kappa shape index (κ2) is 8.24. The van der Waals surface area contributed by atoms with Crippen LogP contribution < -0.4 is 14.4 Å². The first-order chi connectivity index (χ1) is 15.0. The second-order valence-electron chi connectivity index (χ2n) is 7.42. The Morgan fingerprint density at radius 2 is 1.68 bits per heavy atom. The van der Waals surface area contributed by atoms with Gasteiger partial charge in [0.2, 0.25) is 0 Å². The summed E-state index contributed by atoms with van der Waals surface area (Å²) in [6.45, 7) is 0.301. The third-order valence-electron chi connectivity index (χ3n) is 5.55. The summed E-state index contributed by atoms with van der Waals surface area (Å²) >= 11 is 0. The number of ketones is 1. The van der Waals surface area contributed by atoms with Crippen molar-refractivity contribution in [3.8, 4) is 11.5 Å². The number of carbonyl (C=O) groups excluding carboxylic acids is 2. The first kappa shape index (κ1) is 20.6. The van der Waals surface area contributed by atoms with Crippen molar-refractivity contribution in [2.45, 2.75) is 18.6 Å². The van der Waals surface area contributed by atoms with Gasteiger partial charge in [0, 0.05) is 5.56 Å². The van der Waals surface area contributed by atoms with Gasteiger partial charge in [0.1, 0.15) is 11.5 Å². The number of benzene rings is 3. The molecule has 1 atom stereocenters. The SMILES string of the molecule is COc1ccc(OC)c(C(=O)C[C@@]2(O)C(=O)N(Cc3ccccc3)c3ccccc32)c1. The molecule has 1 aliphatic rings. The lowest BCUT2D eigenvalue weighted by Gasteiger charge is -2.23. The highest BCUT2D eigenvalue weighted by Gasteiger charge is 2.51. The Hall–Kier alpha value is -3.64. The Morgan fingerprint density at radius 1 is 0.968 bits per heavy atom. The fourth-order valence-corrected chi connectivity index (χ4v) is 3.96. The minimum Gasteiger partial charge on any atom is -0.497 e. The van der Waals surface area contributed by atoms with Crippen LogP contribution in [0.5, 0.6) is 11.5 Å². The Morgan fingerprint density at radius 3 is 2.39 bits per heavy atom. The summed E-state index contributed by atoms with van der Waals surface area (Å²) in [5.74, 6) is -0.0926. The lowest BCUT2D eigenvalue weighted by Crippen LogP contribution is -2.41. The zero-order valence-corrected chi connectivity index (χ0v) is 17.4. The lowest BCUT2D eigenvalue weighted by molar-refractivity contribution is -0.136. The molecule has 1 N–H and O–H groups in total. The van der Waals surface area contributed by atoms with Crippen LogP contribution in [-0.2, 0) is 16.9 Å². The highest BCUT2D eigenvalue weighted by molar-refractivity contribution is 6.11. The molecule has 0 saturated carbocycles. The maximum atomic E-state index is 13.4. The van der Waals surface area contributed by atoms with Gasteiger partial charge in [0.25, 0.3) is 5.91 Å². The summed E-state index contributed by atoms with van der Waals surface area (Å²) in [6.07, 6.45) is -0.405. The minimum atomic E-state index is -1.96. The third-order valence-corrected chi connectivity index (χ3v) is 5.55. The van der Waals surface area contributed by atoms with Crippen LogP contribution in [0.4, 0.5) is 5.69 Å². The number of rotatable bonds is 7. The molecule has 3 aromatic rings. The highest BCUT2D eigenvalue weighted by atomic mass is 16.5. The van der Waals surface area contributed by atoms with Crippen molar-refractivity contribution in [3.05, 3.63) is 89.5 Å². The van der Waals surface area contributed by atoms with Crippen LogP contribution in [-0.4, -0.2) is 31.0 Å². The average molecular weight is 417 g/mol. The van der Waals surface area contributed by atoms with E-state index in [0.717, 1.165) is 5.56 Å². The highest BCUT2D eigenvalue weighted by Crippen LogP contribution is 2.44. The van der Waals surface area contributed by atoms with Crippen LogP contribution >= 0.6 is 0 Å². The van der Waals surface area contributed by atoms with E-state index in [0.29, 0.717) is 29.3 Å². The Kier molecular flexibility index (Phi) is 5.48. The quantitative estimate of drug-likeness (QED) is 0.593. The zero-order chi connectivity index (χ0) is 22.0. The molecule has 0 fully saturated rings. The normalized spacial score (nSPS) is 17.4. The maximum absolute atomic E-state index is 13.4. The topological polar surface area (TPSA) is 76.1 Å². The number of hydrogen-bond donors (Lipinski definition) is 1. The monoisotopic (exact) mass is 417 g/mol. The molecule has 4 rings (SSSR count). The third kappa shape index (κ3) is 3.66. The van der Waals surface area contributed by atoms with Crippen molar-refractivity contribution in [2.75, 3.05) is 19.1 Å². The number of amides is 1. The van der Waals surface area contributed by atoms with Crippen molar-refractivity contribution < 1.29 is 24.2 Å². The number of carbonyl (C=O) groups is 2. The molecule has 0 radical (unpaired) electrons. The van der Waals surface area contributed by atoms with Gasteiger partial charge < -0.3 is 19.5 Å². The Bertz CT molecular complexity index is 1130. The van der Waals surface area contributed by atoms with Crippen molar-refractivity contribution in [2.24, 2.45) is 0 Å². The van der Waals surface area contributed by atoms with E-state index in [1.807, 2.05) is 36.4 Å². The van der Waals surface area contributed by atoms with Crippen LogP contribution in [0.15, 0.2) is 72.8 Å². The number of para-hydroxylation sites is 1. The summed E-state index contributed by atoms with van der Waals surface area (Å²) in [4.78, 5) is 28.1. The second-order valence-corrected chi connectivity index (χ2v) is 7.42. The fraction of sp³-hybridized carbons (Fsp3) is 0.200. The maximum Gasteiger partial charge on any atom is 0.264 e. The minimum absolute atomic E-state index is 0.252. The lowest BCUT2D eigenvalue weighted by atomic mass is 9.88. The fourth-order valence-electron chi connectivity index (χ4n) is 3.96. The van der Waals surface area contributed by atoms with Gasteiger partial charge in [-0.3, -0.25) is 9.59 Å². The number of Topliss-reactive ketones (excluding diaryl/α,β-unsaturated/α-hetero) is 1. The van der Waals surface area contributed by atoms with E-state index < -0.39 is 23.7 Å². The molecule has 0 aromatic heterocycles. The van der Waals surface area contributed by atoms with Crippen LogP contribution in [0.2, 0.25) is 0 Å². The van der Waals surface area contributed by atoms with Crippen LogP contribution in [0.1, 0.15) is 27.9 Å². The molecule has 1 amide bonds. The molecule has 0 unspecified atom stereocenters. The van der Waals surface area contributed by atoms with Crippen molar-refractivity contribution in [3.63, 3.8) is 0 Å². The Labute approximate surface area is 180 Å². The van der Waals surface area contributed by atoms with Gasteiger partial charge in [-0.2, -0.15) is 0 Å². The largest absolute Gasteiger partial charge is 0.497 e. The summed E-state index contributed by atoms with van der Waals surface area (Å²) in [7, 11) is 2.97. The summed E-state index contributed by atoms with van der Waals surface area (Å²) in [5.41, 5.74) is 0.240. The molecular formula is C25H23NO5. The Balaban J connectivity index is 1.70. The first-order valence-corrected chi connectivity index (χ1v) is 9.91. The number of aliphatic hydroxyl groups is 1. The number of nitrogens with zero attached hydrogens (tertiary/aromatic N) is 1. The van der Waals surface area contributed by atoms with Crippen molar-refractivity contribution >= 4 is 17.4 Å². The first-order valence-electron chi connectivity index (χ1n) is 9.91. The van der Waals surface area contributed by atoms with Gasteiger partial charge in [-0.1, -0.05) is 48.5 Å². The predicted molar refractivity (Wildman–Crippen MR) is 116 cm³/mol. The van der Waals surface area contributed by atoms with E-state index in [-0.39, 0.29) is 5.56 Å². The van der Waals surface area contributed by atoms with Gasteiger partial charge in [-0.05, 0) is 29.8 Å². The predicted octanol–water partition coefficient (Wildman–Crippen LogP) is 3.71. The van der Waals surface area contributed by atoms with E-state index in [2.05, 4.69) is 0 Å². The molecule has 6 heteroatoms. The number of methoxy groups -OCH3 is 2. The van der Waals surface area contributed by atoms with E-state index >= 15 is 0 Å². The standard InChI is InChI=1S/C25H23NO5/c1-30-18-12-13-23(31-2)19(14-18)22(27)15-25(29)20-10-6-7-11-21(20)26(24(25)28)16-17-8-4-3-5-9-17/h3-14,29H,15-16H2,1-2H3/t25-/m0/s1. The molecule has 1 aliphatic heterocycles. The molecule has 0 bridgehead atoms. The van der Waals surface area contributed by atoms with Crippen molar-refractivity contribution in [1.82, 2.24) is 0 Å². The average Bonchev–Trinajstić information content (AvgIpc) is 3.01. The number of fused-ring (bicyclic) bond motifs is 1. The van der Waals surface area contributed by atoms with Crippen molar-refractivity contribution in [1.29, 1.82) is 0 Å². The molecule has 6 nitrogen and oxygen atoms in total. The number of ether oxygens (including phenoxy) is 2. The van der Waals surface area contributed by atoms with Gasteiger partial charge in [0.15, 0.2) is 11.4 Å². The molecule has 31 heavy (non-hydrogen) atoms. The van der Waals surface area contributed by atoms with Crippen LogP contribution in [0.25, 0.3) is 0 Å². The summed E-state index contributed by atoms with van der Waals surface area (Å²) in [6, 6.07) is 21.4. The zero-order valence-electron chi connectivity index (χ0n) is 17.4. The number of anilines is 1. The molecular weight excluding hydrogens is 394 g/mol. The van der Waals surface area contributed by atoms with Gasteiger partial charge in [-0.15, -0.1) is 0 Å². The molecule has 0 aliphatic carbocycles. The van der Waals surface area contributed by atoms with Gasteiger partial charge >= 0.3 is 0 Å². The van der Waals surface area contributed by atoms with E-state index in [9.17, 15) is 14.7 Å². The van der Waals surface area contributed by atoms with Crippen LogP contribution in [0.3, 0.4) is 0 Å². The van der Waals surface area contributed by atoms with Gasteiger partial charge in [0.05, 0.1) is 38.4 Å². The van der Waals surface area contributed by atoms with Gasteiger partial charge in [-0.25, -0.2) is 0 Å². The van der Waals surface area contributed by atoms with E-state index in [1.165, 1.54) is 19.1 Å². The van der Waals surface area contributed by atoms with E-state index in [1.54, 1.807) is 36.4 Å².